The standard InChI is InChI=1S/C19H17NO3S/c21-15-7-3-5-13(12-15)11-14(6-4-10-18(22)23)19-20-16-8-1-2-9-17(16)24-19/h1-3,5,7-9,11-12,21H,4,6,10H2,(H,22,23)/b14-11-. The van der Waals surface area contributed by atoms with Gasteiger partial charge >= 0.3 is 5.97 Å². The topological polar surface area (TPSA) is 70.4 Å². The lowest BCUT2D eigenvalue weighted by Crippen LogP contribution is -1.94. The van der Waals surface area contributed by atoms with E-state index in [9.17, 15) is 9.90 Å². The summed E-state index contributed by atoms with van der Waals surface area (Å²) in [4.78, 5) is 15.5. The number of aromatic nitrogens is 1. The van der Waals surface area contributed by atoms with E-state index in [1.807, 2.05) is 36.4 Å². The number of phenolic OH excluding ortho intramolecular Hbond substituents is 1. The molecule has 3 aromatic rings. The largest absolute Gasteiger partial charge is 0.508 e. The lowest BCUT2D eigenvalue weighted by atomic mass is 10.1. The number of benzene rings is 2. The van der Waals surface area contributed by atoms with Crippen molar-refractivity contribution in [3.8, 4) is 5.75 Å². The van der Waals surface area contributed by atoms with Crippen molar-refractivity contribution >= 4 is 39.2 Å². The summed E-state index contributed by atoms with van der Waals surface area (Å²) in [6.07, 6.45) is 3.28. The summed E-state index contributed by atoms with van der Waals surface area (Å²) in [6, 6.07) is 14.9. The van der Waals surface area contributed by atoms with Crippen LogP contribution in [0.1, 0.15) is 29.8 Å². The van der Waals surface area contributed by atoms with E-state index in [2.05, 4.69) is 4.98 Å². The molecule has 24 heavy (non-hydrogen) atoms. The third-order valence-corrected chi connectivity index (χ3v) is 4.73. The van der Waals surface area contributed by atoms with E-state index >= 15 is 0 Å². The highest BCUT2D eigenvalue weighted by molar-refractivity contribution is 7.19. The van der Waals surface area contributed by atoms with Gasteiger partial charge < -0.3 is 10.2 Å². The van der Waals surface area contributed by atoms with Gasteiger partial charge in [-0.2, -0.15) is 0 Å². The zero-order valence-electron chi connectivity index (χ0n) is 13.0. The highest BCUT2D eigenvalue weighted by Gasteiger charge is 2.10. The van der Waals surface area contributed by atoms with Gasteiger partial charge in [0.1, 0.15) is 10.8 Å². The number of hydrogen-bond donors (Lipinski definition) is 2. The second-order valence-electron chi connectivity index (χ2n) is 5.50. The lowest BCUT2D eigenvalue weighted by Gasteiger charge is -2.04. The van der Waals surface area contributed by atoms with Crippen LogP contribution in [0.25, 0.3) is 21.9 Å². The van der Waals surface area contributed by atoms with E-state index in [0.29, 0.717) is 12.8 Å². The minimum atomic E-state index is -0.795. The summed E-state index contributed by atoms with van der Waals surface area (Å²) in [7, 11) is 0. The highest BCUT2D eigenvalue weighted by atomic mass is 32.1. The number of carbonyl (C=O) groups is 1. The van der Waals surface area contributed by atoms with Crippen molar-refractivity contribution in [1.29, 1.82) is 0 Å². The maximum atomic E-state index is 10.8. The molecule has 0 bridgehead atoms. The second kappa shape index (κ2) is 7.27. The number of nitrogens with zero attached hydrogens (tertiary/aromatic N) is 1. The lowest BCUT2D eigenvalue weighted by molar-refractivity contribution is -0.137. The van der Waals surface area contributed by atoms with E-state index in [1.54, 1.807) is 29.5 Å². The van der Waals surface area contributed by atoms with E-state index in [-0.39, 0.29) is 12.2 Å². The summed E-state index contributed by atoms with van der Waals surface area (Å²) in [5.74, 6) is -0.589. The first-order valence-electron chi connectivity index (χ1n) is 7.69. The van der Waals surface area contributed by atoms with Crippen LogP contribution < -0.4 is 0 Å². The number of para-hydroxylation sites is 1. The number of rotatable bonds is 6. The molecule has 2 aromatic carbocycles. The molecule has 0 saturated carbocycles. The summed E-state index contributed by atoms with van der Waals surface area (Å²) >= 11 is 1.60. The first-order chi connectivity index (χ1) is 11.6. The highest BCUT2D eigenvalue weighted by Crippen LogP contribution is 2.31. The number of carboxylic acids is 1. The molecule has 0 fully saturated rings. The smallest absolute Gasteiger partial charge is 0.303 e. The van der Waals surface area contributed by atoms with E-state index in [4.69, 9.17) is 5.11 Å². The van der Waals surface area contributed by atoms with Crippen LogP contribution in [0.2, 0.25) is 0 Å². The minimum Gasteiger partial charge on any atom is -0.508 e. The van der Waals surface area contributed by atoms with Crippen molar-refractivity contribution in [1.82, 2.24) is 4.98 Å². The Morgan fingerprint density at radius 2 is 1.96 bits per heavy atom. The quantitative estimate of drug-likeness (QED) is 0.677. The van der Waals surface area contributed by atoms with Crippen LogP contribution in [-0.2, 0) is 4.79 Å². The Morgan fingerprint density at radius 1 is 1.12 bits per heavy atom. The number of thiazole rings is 1. The van der Waals surface area contributed by atoms with Gasteiger partial charge in [-0.15, -0.1) is 11.3 Å². The molecule has 0 atom stereocenters. The maximum absolute atomic E-state index is 10.8. The molecule has 0 aliphatic heterocycles. The molecule has 122 valence electrons. The van der Waals surface area contributed by atoms with Gasteiger partial charge in [-0.3, -0.25) is 4.79 Å². The fourth-order valence-electron chi connectivity index (χ4n) is 2.50. The first kappa shape index (κ1) is 16.2. The summed E-state index contributed by atoms with van der Waals surface area (Å²) < 4.78 is 1.10. The molecular weight excluding hydrogens is 322 g/mol. The summed E-state index contributed by atoms with van der Waals surface area (Å²) in [5.41, 5.74) is 2.81. The number of aliphatic carboxylic acids is 1. The fraction of sp³-hybridized carbons (Fsp3) is 0.158. The molecule has 0 saturated heterocycles. The van der Waals surface area contributed by atoms with Gasteiger partial charge in [-0.25, -0.2) is 4.98 Å². The van der Waals surface area contributed by atoms with Crippen LogP contribution in [-0.4, -0.2) is 21.2 Å². The predicted octanol–water partition coefficient (Wildman–Crippen LogP) is 4.80. The van der Waals surface area contributed by atoms with Crippen molar-refractivity contribution in [3.05, 3.63) is 59.1 Å². The van der Waals surface area contributed by atoms with Crippen molar-refractivity contribution in [2.24, 2.45) is 0 Å². The van der Waals surface area contributed by atoms with Gasteiger partial charge in [0.25, 0.3) is 0 Å². The first-order valence-corrected chi connectivity index (χ1v) is 8.51. The fourth-order valence-corrected chi connectivity index (χ4v) is 3.51. The van der Waals surface area contributed by atoms with Crippen molar-refractivity contribution in [3.63, 3.8) is 0 Å². The molecule has 3 rings (SSSR count). The Balaban J connectivity index is 1.95. The molecule has 5 heteroatoms. The average Bonchev–Trinajstić information content (AvgIpc) is 2.97. The van der Waals surface area contributed by atoms with Crippen molar-refractivity contribution < 1.29 is 15.0 Å². The molecule has 0 aliphatic carbocycles. The molecule has 0 amide bonds. The molecule has 1 heterocycles. The van der Waals surface area contributed by atoms with Gasteiger partial charge in [0.2, 0.25) is 0 Å². The predicted molar refractivity (Wildman–Crippen MR) is 97.1 cm³/mol. The summed E-state index contributed by atoms with van der Waals surface area (Å²) in [5, 5.41) is 19.4. The summed E-state index contributed by atoms with van der Waals surface area (Å²) in [6.45, 7) is 0. The number of carboxylic acid groups (broad SMARTS) is 1. The van der Waals surface area contributed by atoms with Crippen molar-refractivity contribution in [2.45, 2.75) is 19.3 Å². The van der Waals surface area contributed by atoms with Crippen molar-refractivity contribution in [2.75, 3.05) is 0 Å². The number of aromatic hydroxyl groups is 1. The normalized spacial score (nSPS) is 11.8. The molecular formula is C19H17NO3S. The van der Waals surface area contributed by atoms with Gasteiger partial charge in [-0.05, 0) is 54.3 Å². The van der Waals surface area contributed by atoms with Crippen LogP contribution in [0.3, 0.4) is 0 Å². The van der Waals surface area contributed by atoms with Crippen LogP contribution in [0.5, 0.6) is 5.75 Å². The Hall–Kier alpha value is -2.66. The maximum Gasteiger partial charge on any atom is 0.303 e. The Morgan fingerprint density at radius 3 is 2.71 bits per heavy atom. The Labute approximate surface area is 143 Å². The molecule has 0 unspecified atom stereocenters. The van der Waals surface area contributed by atoms with E-state index in [1.165, 1.54) is 0 Å². The third-order valence-electron chi connectivity index (χ3n) is 3.62. The van der Waals surface area contributed by atoms with E-state index < -0.39 is 5.97 Å². The monoisotopic (exact) mass is 339 g/mol. The molecule has 0 aliphatic rings. The third kappa shape index (κ3) is 4.00. The SMILES string of the molecule is O=C(O)CCC/C(=C/c1cccc(O)c1)c1nc2ccccc2s1. The van der Waals surface area contributed by atoms with Crippen LogP contribution in [0.4, 0.5) is 0 Å². The van der Waals surface area contributed by atoms with Gasteiger partial charge in [0.05, 0.1) is 10.2 Å². The van der Waals surface area contributed by atoms with Gasteiger partial charge in [0, 0.05) is 6.42 Å². The zero-order valence-corrected chi connectivity index (χ0v) is 13.8. The number of hydrogen-bond acceptors (Lipinski definition) is 4. The van der Waals surface area contributed by atoms with Gasteiger partial charge in [0.15, 0.2) is 0 Å². The second-order valence-corrected chi connectivity index (χ2v) is 6.53. The van der Waals surface area contributed by atoms with Crippen LogP contribution >= 0.6 is 11.3 Å². The molecule has 0 radical (unpaired) electrons. The number of phenols is 1. The number of allylic oxidation sites excluding steroid dienone is 1. The molecule has 0 spiro atoms. The van der Waals surface area contributed by atoms with Crippen LogP contribution in [0.15, 0.2) is 48.5 Å². The zero-order chi connectivity index (χ0) is 16.9. The van der Waals surface area contributed by atoms with Gasteiger partial charge in [-0.1, -0.05) is 24.3 Å². The Kier molecular flexibility index (Phi) is 4.91. The van der Waals surface area contributed by atoms with E-state index in [0.717, 1.165) is 26.4 Å². The number of fused-ring (bicyclic) bond motifs is 1. The molecule has 2 N–H and O–H groups in total. The van der Waals surface area contributed by atoms with Crippen LogP contribution in [0, 0.1) is 0 Å². The minimum absolute atomic E-state index is 0.127. The average molecular weight is 339 g/mol. The molecule has 4 nitrogen and oxygen atoms in total. The molecule has 1 aromatic heterocycles. The Bertz CT molecular complexity index is 865.